The van der Waals surface area contributed by atoms with Gasteiger partial charge in [-0.2, -0.15) is 0 Å². The molecule has 0 fully saturated rings. The second-order valence-electron chi connectivity index (χ2n) is 2.97. The summed E-state index contributed by atoms with van der Waals surface area (Å²) < 4.78 is 0. The van der Waals surface area contributed by atoms with Crippen LogP contribution in [-0.2, 0) is 0 Å². The van der Waals surface area contributed by atoms with Crippen molar-refractivity contribution >= 4 is 36.6 Å². The van der Waals surface area contributed by atoms with Gasteiger partial charge in [0.25, 0.3) is 11.8 Å². The summed E-state index contributed by atoms with van der Waals surface area (Å²) in [6.07, 6.45) is 2.90. The molecule has 0 bridgehead atoms. The number of fused-ring (bicyclic) bond motifs is 1. The van der Waals surface area contributed by atoms with Crippen LogP contribution in [0.2, 0.25) is 0 Å². The van der Waals surface area contributed by atoms with Crippen molar-refractivity contribution in [3.05, 3.63) is 29.6 Å². The number of carbonyl (C=O) groups is 2. The van der Waals surface area contributed by atoms with Crippen LogP contribution in [0.15, 0.2) is 18.5 Å². The van der Waals surface area contributed by atoms with E-state index < -0.39 is 0 Å². The third-order valence-corrected chi connectivity index (χ3v) is 2.12. The van der Waals surface area contributed by atoms with E-state index >= 15 is 0 Å². The largest absolute Gasteiger partial charge is 0.329 e. The fourth-order valence-electron chi connectivity index (χ4n) is 1.47. The summed E-state index contributed by atoms with van der Waals surface area (Å²) in [5.74, 6) is -0.582. The highest BCUT2D eigenvalue weighted by atomic mass is 35.5. The third kappa shape index (κ3) is 2.16. The van der Waals surface area contributed by atoms with Crippen molar-refractivity contribution in [2.24, 2.45) is 5.73 Å². The van der Waals surface area contributed by atoms with Gasteiger partial charge >= 0.3 is 0 Å². The lowest BCUT2D eigenvalue weighted by molar-refractivity contribution is 0.0659. The van der Waals surface area contributed by atoms with Gasteiger partial charge in [0.15, 0.2) is 0 Å². The van der Waals surface area contributed by atoms with Crippen LogP contribution in [0, 0.1) is 0 Å². The number of nitrogens with zero attached hydrogens (tertiary/aromatic N) is 2. The predicted molar refractivity (Wildman–Crippen MR) is 63.2 cm³/mol. The molecule has 2 rings (SSSR count). The fourth-order valence-corrected chi connectivity index (χ4v) is 1.47. The first-order chi connectivity index (χ1) is 6.75. The van der Waals surface area contributed by atoms with E-state index in [4.69, 9.17) is 5.73 Å². The van der Waals surface area contributed by atoms with E-state index in [1.807, 2.05) is 0 Å². The average molecular weight is 264 g/mol. The molecule has 0 saturated heterocycles. The van der Waals surface area contributed by atoms with Crippen molar-refractivity contribution in [3.63, 3.8) is 0 Å². The molecule has 1 aromatic heterocycles. The van der Waals surface area contributed by atoms with E-state index in [0.717, 1.165) is 4.90 Å². The Morgan fingerprint density at radius 1 is 1.19 bits per heavy atom. The second kappa shape index (κ2) is 5.79. The summed E-state index contributed by atoms with van der Waals surface area (Å²) in [5.41, 5.74) is 6.09. The highest BCUT2D eigenvalue weighted by molar-refractivity contribution is 6.21. The van der Waals surface area contributed by atoms with E-state index in [0.29, 0.717) is 11.1 Å². The zero-order valence-corrected chi connectivity index (χ0v) is 9.88. The molecule has 2 N–H and O–H groups in total. The maximum Gasteiger partial charge on any atom is 0.263 e. The van der Waals surface area contributed by atoms with Gasteiger partial charge in [0.1, 0.15) is 0 Å². The molecule has 1 aliphatic heterocycles. The number of nitrogens with two attached hydrogens (primary N) is 1. The zero-order chi connectivity index (χ0) is 10.1. The monoisotopic (exact) mass is 263 g/mol. The standard InChI is InChI=1S/C9H9N3O2.2ClH/c10-2-4-12-8(13)6-1-3-11-5-7(6)9(12)14;;/h1,3,5H,2,4,10H2;2*1H. The molecule has 0 spiro atoms. The van der Waals surface area contributed by atoms with Crippen LogP contribution >= 0.6 is 24.8 Å². The highest BCUT2D eigenvalue weighted by Gasteiger charge is 2.34. The number of hydrogen-bond acceptors (Lipinski definition) is 4. The lowest BCUT2D eigenvalue weighted by Crippen LogP contribution is -2.34. The van der Waals surface area contributed by atoms with Gasteiger partial charge in [-0.1, -0.05) is 0 Å². The SMILES string of the molecule is Cl.Cl.NCCN1C(=O)c2ccncc2C1=O. The molecule has 0 atom stereocenters. The number of rotatable bonds is 2. The minimum atomic E-state index is -0.302. The lowest BCUT2D eigenvalue weighted by atomic mass is 10.2. The van der Waals surface area contributed by atoms with Gasteiger partial charge < -0.3 is 5.73 Å². The summed E-state index contributed by atoms with van der Waals surface area (Å²) in [6.45, 7) is 0.533. The van der Waals surface area contributed by atoms with Crippen LogP contribution in [0.4, 0.5) is 0 Å². The summed E-state index contributed by atoms with van der Waals surface area (Å²) in [4.78, 5) is 28.2. The number of imide groups is 1. The summed E-state index contributed by atoms with van der Waals surface area (Å²) in [7, 11) is 0. The zero-order valence-electron chi connectivity index (χ0n) is 8.25. The molecule has 0 unspecified atom stereocenters. The third-order valence-electron chi connectivity index (χ3n) is 2.12. The van der Waals surface area contributed by atoms with Crippen LogP contribution in [0.5, 0.6) is 0 Å². The molecule has 5 nitrogen and oxygen atoms in total. The van der Waals surface area contributed by atoms with Gasteiger partial charge in [-0.05, 0) is 6.07 Å². The maximum atomic E-state index is 11.6. The Balaban J connectivity index is 0.00000112. The van der Waals surface area contributed by atoms with Gasteiger partial charge in [-0.25, -0.2) is 0 Å². The molecule has 16 heavy (non-hydrogen) atoms. The quantitative estimate of drug-likeness (QED) is 0.788. The van der Waals surface area contributed by atoms with Crippen molar-refractivity contribution in [1.82, 2.24) is 9.88 Å². The van der Waals surface area contributed by atoms with E-state index in [2.05, 4.69) is 4.98 Å². The number of hydrogen-bond donors (Lipinski definition) is 1. The molecule has 88 valence electrons. The Bertz CT molecular complexity index is 376. The first kappa shape index (κ1) is 14.8. The number of carbonyl (C=O) groups excluding carboxylic acids is 2. The molecule has 2 heterocycles. The van der Waals surface area contributed by atoms with Crippen LogP contribution in [0.3, 0.4) is 0 Å². The molecule has 2 amide bonds. The van der Waals surface area contributed by atoms with Crippen molar-refractivity contribution in [2.45, 2.75) is 0 Å². The molecule has 1 aromatic rings. The van der Waals surface area contributed by atoms with Gasteiger partial charge in [0.2, 0.25) is 0 Å². The molecule has 0 saturated carbocycles. The molecule has 1 aliphatic rings. The van der Waals surface area contributed by atoms with Gasteiger partial charge in [-0.15, -0.1) is 24.8 Å². The highest BCUT2D eigenvalue weighted by Crippen LogP contribution is 2.20. The Morgan fingerprint density at radius 3 is 2.38 bits per heavy atom. The van der Waals surface area contributed by atoms with Crippen molar-refractivity contribution in [1.29, 1.82) is 0 Å². The maximum absolute atomic E-state index is 11.6. The van der Waals surface area contributed by atoms with Gasteiger partial charge in [0, 0.05) is 25.5 Å². The van der Waals surface area contributed by atoms with Crippen LogP contribution < -0.4 is 5.73 Å². The van der Waals surface area contributed by atoms with E-state index in [-0.39, 0.29) is 49.7 Å². The minimum Gasteiger partial charge on any atom is -0.329 e. The molecular formula is C9H11Cl2N3O2. The van der Waals surface area contributed by atoms with E-state index in [1.165, 1.54) is 12.4 Å². The Hall–Kier alpha value is -1.17. The number of halogens is 2. The topological polar surface area (TPSA) is 76.3 Å². The van der Waals surface area contributed by atoms with E-state index in [1.54, 1.807) is 6.07 Å². The predicted octanol–water partition coefficient (Wildman–Crippen LogP) is 0.480. The minimum absolute atomic E-state index is 0. The normalized spacial score (nSPS) is 12.9. The second-order valence-corrected chi connectivity index (χ2v) is 2.97. The number of pyridine rings is 1. The fraction of sp³-hybridized carbons (Fsp3) is 0.222. The average Bonchev–Trinajstić information content (AvgIpc) is 2.45. The van der Waals surface area contributed by atoms with Crippen LogP contribution in [-0.4, -0.2) is 34.8 Å². The lowest BCUT2D eigenvalue weighted by Gasteiger charge is -2.10. The Labute approximate surface area is 105 Å². The smallest absolute Gasteiger partial charge is 0.263 e. The van der Waals surface area contributed by atoms with Crippen molar-refractivity contribution in [2.75, 3.05) is 13.1 Å². The summed E-state index contributed by atoms with van der Waals surface area (Å²) in [6, 6.07) is 1.55. The molecule has 0 aliphatic carbocycles. The van der Waals surface area contributed by atoms with Gasteiger partial charge in [0.05, 0.1) is 11.1 Å². The Morgan fingerprint density at radius 2 is 1.81 bits per heavy atom. The van der Waals surface area contributed by atoms with E-state index in [9.17, 15) is 9.59 Å². The summed E-state index contributed by atoms with van der Waals surface area (Å²) >= 11 is 0. The van der Waals surface area contributed by atoms with Crippen LogP contribution in [0.25, 0.3) is 0 Å². The molecule has 0 radical (unpaired) electrons. The first-order valence-corrected chi connectivity index (χ1v) is 4.26. The van der Waals surface area contributed by atoms with Gasteiger partial charge in [-0.3, -0.25) is 19.5 Å². The molecule has 0 aromatic carbocycles. The van der Waals surface area contributed by atoms with Crippen molar-refractivity contribution < 1.29 is 9.59 Å². The molecular weight excluding hydrogens is 253 g/mol. The summed E-state index contributed by atoms with van der Waals surface area (Å²) in [5, 5.41) is 0. The van der Waals surface area contributed by atoms with Crippen molar-refractivity contribution in [3.8, 4) is 0 Å². The Kier molecular flexibility index (Phi) is 5.37. The molecule has 7 heteroatoms. The number of amides is 2. The number of aromatic nitrogens is 1. The first-order valence-electron chi connectivity index (χ1n) is 4.26. The van der Waals surface area contributed by atoms with Crippen LogP contribution in [0.1, 0.15) is 20.7 Å².